The molecule has 0 aliphatic carbocycles. The lowest BCUT2D eigenvalue weighted by atomic mass is 10.0. The fraction of sp³-hybridized carbons (Fsp3) is 0.357. The van der Waals surface area contributed by atoms with E-state index in [-0.39, 0.29) is 22.2 Å². The topological polar surface area (TPSA) is 113 Å². The number of aromatic nitrogens is 1. The quantitative estimate of drug-likeness (QED) is 0.167. The average molecular weight is 591 g/mol. The van der Waals surface area contributed by atoms with E-state index in [1.165, 1.54) is 19.2 Å². The Hall–Kier alpha value is -3.48. The molecule has 0 unspecified atom stereocenters. The lowest BCUT2D eigenvalue weighted by Gasteiger charge is -2.36. The van der Waals surface area contributed by atoms with Gasteiger partial charge in [-0.2, -0.15) is 0 Å². The van der Waals surface area contributed by atoms with Gasteiger partial charge >= 0.3 is 5.97 Å². The molecule has 216 valence electrons. The van der Waals surface area contributed by atoms with Gasteiger partial charge in [-0.1, -0.05) is 45.0 Å². The molecule has 0 saturated carbocycles. The molecular formula is C28H35FN2O7SSi. The minimum atomic E-state index is -4.40. The maximum Gasteiger partial charge on any atom is 0.356 e. The Morgan fingerprint density at radius 1 is 1.02 bits per heavy atom. The lowest BCUT2D eigenvalue weighted by Crippen LogP contribution is -2.41. The first-order valence-corrected chi connectivity index (χ1v) is 16.9. The van der Waals surface area contributed by atoms with Crippen LogP contribution in [0, 0.1) is 5.82 Å². The number of hydrogen-bond acceptors (Lipinski definition) is 8. The number of para-hydroxylation sites is 1. The van der Waals surface area contributed by atoms with Crippen LogP contribution in [0.1, 0.15) is 31.3 Å². The zero-order chi connectivity index (χ0) is 29.7. The van der Waals surface area contributed by atoms with Gasteiger partial charge in [0.15, 0.2) is 14.1 Å². The third-order valence-electron chi connectivity index (χ3n) is 6.75. The van der Waals surface area contributed by atoms with Crippen molar-refractivity contribution in [3.8, 4) is 22.6 Å². The van der Waals surface area contributed by atoms with E-state index in [9.17, 15) is 17.6 Å². The monoisotopic (exact) mass is 590 g/mol. The number of nitrogens with one attached hydrogen (secondary N) is 1. The predicted molar refractivity (Wildman–Crippen MR) is 153 cm³/mol. The first kappa shape index (κ1) is 31.0. The van der Waals surface area contributed by atoms with E-state index in [2.05, 4.69) is 48.3 Å². The summed E-state index contributed by atoms with van der Waals surface area (Å²) in [4.78, 5) is 15.4. The van der Waals surface area contributed by atoms with Crippen molar-refractivity contribution in [1.82, 2.24) is 4.98 Å². The molecule has 1 heterocycles. The third kappa shape index (κ3) is 7.17. The van der Waals surface area contributed by atoms with E-state index in [1.807, 2.05) is 6.07 Å². The molecule has 0 bridgehead atoms. The summed E-state index contributed by atoms with van der Waals surface area (Å²) in [5, 5.41) is 0.0733. The third-order valence-corrected chi connectivity index (χ3v) is 12.7. The minimum Gasteiger partial charge on any atom is -0.494 e. The summed E-state index contributed by atoms with van der Waals surface area (Å²) in [6, 6.07) is 12.3. The highest BCUT2D eigenvalue weighted by Crippen LogP contribution is 2.37. The van der Waals surface area contributed by atoms with Crippen molar-refractivity contribution in [3.63, 3.8) is 0 Å². The molecule has 0 atom stereocenters. The molecule has 1 aromatic heterocycles. The summed E-state index contributed by atoms with van der Waals surface area (Å²) in [6.45, 7) is 11.6. The number of methoxy groups -OCH3 is 2. The fourth-order valence-electron chi connectivity index (χ4n) is 3.47. The second-order valence-corrected chi connectivity index (χ2v) is 16.9. The fourth-order valence-corrected chi connectivity index (χ4v) is 5.72. The summed E-state index contributed by atoms with van der Waals surface area (Å²) in [5.74, 6) is -1.22. The van der Waals surface area contributed by atoms with Crippen LogP contribution in [0.2, 0.25) is 18.1 Å². The zero-order valence-corrected chi connectivity index (χ0v) is 25.5. The molecule has 2 aromatic carbocycles. The van der Waals surface area contributed by atoms with Crippen LogP contribution in [-0.2, 0) is 19.2 Å². The Morgan fingerprint density at radius 3 is 2.38 bits per heavy atom. The molecule has 0 fully saturated rings. The molecule has 3 rings (SSSR count). The molecule has 1 N–H and O–H groups in total. The number of esters is 1. The highest BCUT2D eigenvalue weighted by molar-refractivity contribution is 7.92. The number of halogens is 1. The van der Waals surface area contributed by atoms with Crippen LogP contribution in [0.3, 0.4) is 0 Å². The number of anilines is 1. The smallest absolute Gasteiger partial charge is 0.356 e. The van der Waals surface area contributed by atoms with Crippen LogP contribution in [-0.4, -0.2) is 55.1 Å². The Kier molecular flexibility index (Phi) is 9.59. The van der Waals surface area contributed by atoms with Gasteiger partial charge in [0.1, 0.15) is 28.8 Å². The molecule has 0 radical (unpaired) electrons. The second-order valence-electron chi connectivity index (χ2n) is 10.5. The van der Waals surface area contributed by atoms with Gasteiger partial charge in [-0.05, 0) is 48.0 Å². The van der Waals surface area contributed by atoms with Crippen LogP contribution >= 0.6 is 0 Å². The van der Waals surface area contributed by atoms with Crippen LogP contribution in [0.25, 0.3) is 11.1 Å². The van der Waals surface area contributed by atoms with Gasteiger partial charge in [0.25, 0.3) is 10.0 Å². The van der Waals surface area contributed by atoms with E-state index in [1.54, 1.807) is 18.2 Å². The van der Waals surface area contributed by atoms with Crippen LogP contribution in [0.15, 0.2) is 59.6 Å². The Morgan fingerprint density at radius 2 is 1.73 bits per heavy atom. The predicted octanol–water partition coefficient (Wildman–Crippen LogP) is 5.88. The van der Waals surface area contributed by atoms with Gasteiger partial charge in [-0.15, -0.1) is 0 Å². The van der Waals surface area contributed by atoms with Gasteiger partial charge in [0.2, 0.25) is 0 Å². The number of carbonyl (C=O) groups is 1. The van der Waals surface area contributed by atoms with Crippen molar-refractivity contribution in [2.45, 2.75) is 43.8 Å². The molecule has 12 heteroatoms. The number of sulfonamides is 1. The second kappa shape index (κ2) is 12.4. The highest BCUT2D eigenvalue weighted by Gasteiger charge is 2.37. The van der Waals surface area contributed by atoms with Crippen molar-refractivity contribution >= 4 is 30.0 Å². The van der Waals surface area contributed by atoms with Gasteiger partial charge in [-0.3, -0.25) is 4.72 Å². The molecule has 0 saturated heterocycles. The van der Waals surface area contributed by atoms with Crippen molar-refractivity contribution in [2.75, 3.05) is 32.2 Å². The summed E-state index contributed by atoms with van der Waals surface area (Å²) in [6.07, 6.45) is 1.08. The zero-order valence-electron chi connectivity index (χ0n) is 23.7. The van der Waals surface area contributed by atoms with E-state index < -0.39 is 35.0 Å². The molecule has 0 spiro atoms. The Balaban J connectivity index is 1.87. The van der Waals surface area contributed by atoms with Crippen molar-refractivity contribution < 1.29 is 36.2 Å². The number of benzene rings is 2. The summed E-state index contributed by atoms with van der Waals surface area (Å²) >= 11 is 0. The first-order valence-electron chi connectivity index (χ1n) is 12.5. The number of hydrogen-bond donors (Lipinski definition) is 1. The summed E-state index contributed by atoms with van der Waals surface area (Å²) in [5.41, 5.74) is 0.621. The van der Waals surface area contributed by atoms with Crippen LogP contribution < -0.4 is 14.2 Å². The molecule has 40 heavy (non-hydrogen) atoms. The normalized spacial score (nSPS) is 12.1. The molecule has 3 aromatic rings. The Bertz CT molecular complexity index is 1470. The minimum absolute atomic E-state index is 0.0733. The van der Waals surface area contributed by atoms with Gasteiger partial charge in [0.05, 0.1) is 32.7 Å². The maximum atomic E-state index is 14.8. The van der Waals surface area contributed by atoms with Crippen LogP contribution in [0.5, 0.6) is 11.5 Å². The SMILES string of the molecule is COC(=O)c1cc(S(=O)(=O)Nc2cc(-c3ccccc3OCCO[Si](C)(C)C(C)(C)C)ccc2F)c(OC)cn1. The maximum absolute atomic E-state index is 14.8. The van der Waals surface area contributed by atoms with E-state index in [0.717, 1.165) is 25.4 Å². The number of ether oxygens (including phenoxy) is 3. The lowest BCUT2D eigenvalue weighted by molar-refractivity contribution is 0.0593. The molecule has 0 amide bonds. The van der Waals surface area contributed by atoms with Crippen molar-refractivity contribution in [1.29, 1.82) is 0 Å². The van der Waals surface area contributed by atoms with Gasteiger partial charge in [-0.25, -0.2) is 22.6 Å². The summed E-state index contributed by atoms with van der Waals surface area (Å²) in [7, 11) is -3.94. The molecular weight excluding hydrogens is 555 g/mol. The molecule has 0 aliphatic heterocycles. The average Bonchev–Trinajstić information content (AvgIpc) is 2.91. The number of pyridine rings is 1. The van der Waals surface area contributed by atoms with E-state index in [0.29, 0.717) is 30.1 Å². The summed E-state index contributed by atoms with van der Waals surface area (Å²) < 4.78 is 65.6. The number of nitrogens with zero attached hydrogens (tertiary/aromatic N) is 1. The molecule has 9 nitrogen and oxygen atoms in total. The van der Waals surface area contributed by atoms with Crippen molar-refractivity contribution in [2.24, 2.45) is 0 Å². The number of carbonyl (C=O) groups excluding carboxylic acids is 1. The van der Waals surface area contributed by atoms with Gasteiger partial charge < -0.3 is 18.6 Å². The van der Waals surface area contributed by atoms with Crippen LogP contribution in [0.4, 0.5) is 10.1 Å². The standard InChI is InChI=1S/C28H35FN2O7SSi/c1-28(2,3)40(6,7)38-15-14-37-24-11-9-8-10-20(24)19-12-13-21(29)22(16-19)31-39(33,34)26-17-23(27(32)36-5)30-18-25(26)35-4/h8-13,16-18,31H,14-15H2,1-7H3. The van der Waals surface area contributed by atoms with Gasteiger partial charge in [0, 0.05) is 5.56 Å². The van der Waals surface area contributed by atoms with Crippen molar-refractivity contribution in [3.05, 3.63) is 66.2 Å². The first-order chi connectivity index (χ1) is 18.7. The Labute approximate surface area is 235 Å². The highest BCUT2D eigenvalue weighted by atomic mass is 32.2. The van der Waals surface area contributed by atoms with E-state index in [4.69, 9.17) is 13.9 Å². The van der Waals surface area contributed by atoms with E-state index >= 15 is 0 Å². The largest absolute Gasteiger partial charge is 0.494 e. The number of rotatable bonds is 11. The molecule has 0 aliphatic rings.